The van der Waals surface area contributed by atoms with Crippen LogP contribution in [0.2, 0.25) is 0 Å². The van der Waals surface area contributed by atoms with Crippen LogP contribution < -0.4 is 10.6 Å². The minimum absolute atomic E-state index is 0.306. The van der Waals surface area contributed by atoms with E-state index in [0.29, 0.717) is 12.4 Å². The molecule has 0 aliphatic carbocycles. The molecule has 0 bridgehead atoms. The Bertz CT molecular complexity index is 941. The van der Waals surface area contributed by atoms with Crippen LogP contribution >= 0.6 is 11.3 Å². The van der Waals surface area contributed by atoms with Crippen LogP contribution in [0.5, 0.6) is 0 Å². The average molecular weight is 368 g/mol. The van der Waals surface area contributed by atoms with E-state index in [1.807, 2.05) is 23.1 Å². The summed E-state index contributed by atoms with van der Waals surface area (Å²) in [6.07, 6.45) is 1.68. The molecule has 0 unspecified atom stereocenters. The van der Waals surface area contributed by atoms with Gasteiger partial charge in [0.2, 0.25) is 5.91 Å². The zero-order valence-electron chi connectivity index (χ0n) is 14.5. The van der Waals surface area contributed by atoms with Crippen molar-refractivity contribution in [2.75, 3.05) is 18.6 Å². The third kappa shape index (κ3) is 2.93. The van der Waals surface area contributed by atoms with Crippen molar-refractivity contribution in [2.45, 2.75) is 25.5 Å². The average Bonchev–Trinajstić information content (AvgIpc) is 3.29. The molecule has 1 amide bonds. The maximum absolute atomic E-state index is 11.9. The number of benzene rings is 1. The van der Waals surface area contributed by atoms with E-state index in [1.165, 1.54) is 0 Å². The lowest BCUT2D eigenvalue weighted by Gasteiger charge is -2.24. The Hall–Kier alpha value is -2.51. The molecule has 1 aliphatic rings. The van der Waals surface area contributed by atoms with Crippen molar-refractivity contribution in [1.29, 1.82) is 0 Å². The zero-order valence-corrected chi connectivity index (χ0v) is 15.3. The van der Waals surface area contributed by atoms with Gasteiger partial charge in [-0.2, -0.15) is 0 Å². The number of carbonyl (C=O) groups excluding carboxylic acids is 1. The van der Waals surface area contributed by atoms with Crippen LogP contribution in [0.15, 0.2) is 35.7 Å². The number of fused-ring (bicyclic) bond motifs is 1. The molecular formula is C19H20N4O2S. The predicted molar refractivity (Wildman–Crippen MR) is 103 cm³/mol. The topological polar surface area (TPSA) is 81.3 Å². The highest BCUT2D eigenvalue weighted by atomic mass is 32.1. The smallest absolute Gasteiger partial charge is 0.240 e. The Morgan fingerprint density at radius 1 is 1.35 bits per heavy atom. The lowest BCUT2D eigenvalue weighted by Crippen LogP contribution is -2.41. The molecule has 3 heterocycles. The Labute approximate surface area is 155 Å². The van der Waals surface area contributed by atoms with Gasteiger partial charge < -0.3 is 15.4 Å². The van der Waals surface area contributed by atoms with Crippen LogP contribution in [0, 0.1) is 0 Å². The van der Waals surface area contributed by atoms with Gasteiger partial charge in [0.15, 0.2) is 5.82 Å². The van der Waals surface area contributed by atoms with E-state index in [-0.39, 0.29) is 11.9 Å². The van der Waals surface area contributed by atoms with Gasteiger partial charge in [-0.25, -0.2) is 9.97 Å². The molecule has 6 nitrogen and oxygen atoms in total. The van der Waals surface area contributed by atoms with Gasteiger partial charge in [0.25, 0.3) is 0 Å². The van der Waals surface area contributed by atoms with Crippen LogP contribution in [0.4, 0.5) is 5.82 Å². The van der Waals surface area contributed by atoms with Gasteiger partial charge >= 0.3 is 0 Å². The summed E-state index contributed by atoms with van der Waals surface area (Å²) in [6, 6.07) is 9.84. The first-order chi connectivity index (χ1) is 12.7. The maximum Gasteiger partial charge on any atom is 0.240 e. The summed E-state index contributed by atoms with van der Waals surface area (Å²) >= 11 is 1.58. The van der Waals surface area contributed by atoms with Crippen molar-refractivity contribution in [3.05, 3.63) is 41.5 Å². The third-order valence-corrected chi connectivity index (χ3v) is 5.54. The molecule has 2 N–H and O–H groups in total. The molecule has 26 heavy (non-hydrogen) atoms. The van der Waals surface area contributed by atoms with E-state index in [4.69, 9.17) is 15.5 Å². The minimum atomic E-state index is -0.327. The van der Waals surface area contributed by atoms with Crippen molar-refractivity contribution in [3.63, 3.8) is 0 Å². The van der Waals surface area contributed by atoms with Crippen LogP contribution in [-0.4, -0.2) is 35.6 Å². The predicted octanol–water partition coefficient (Wildman–Crippen LogP) is 2.96. The third-order valence-electron chi connectivity index (χ3n) is 4.67. The van der Waals surface area contributed by atoms with Crippen LogP contribution in [-0.2, 0) is 16.1 Å². The monoisotopic (exact) mass is 368 g/mol. The lowest BCUT2D eigenvalue weighted by molar-refractivity contribution is -0.119. The Balaban J connectivity index is 1.93. The Morgan fingerprint density at radius 2 is 2.15 bits per heavy atom. The Morgan fingerprint density at radius 3 is 2.88 bits per heavy atom. The van der Waals surface area contributed by atoms with Gasteiger partial charge in [-0.15, -0.1) is 11.3 Å². The standard InChI is InChI=1S/C19H20N4O2S/c1-25-10-15-21-18(23-9-5-8-14(23)17(20)24)16-13(11-26-19(16)22-15)12-6-3-2-4-7-12/h2-4,6-7,11,14H,5,8-10H2,1H3,(H2,20,24)/t14-/m0/s1. The molecule has 1 atom stereocenters. The van der Waals surface area contributed by atoms with E-state index >= 15 is 0 Å². The number of rotatable bonds is 5. The second-order valence-corrected chi connectivity index (χ2v) is 7.20. The maximum atomic E-state index is 11.9. The molecule has 4 rings (SSSR count). The van der Waals surface area contributed by atoms with E-state index in [2.05, 4.69) is 22.5 Å². The number of amides is 1. The number of nitrogens with two attached hydrogens (primary N) is 1. The number of ether oxygens (including phenoxy) is 1. The molecule has 2 aromatic heterocycles. The van der Waals surface area contributed by atoms with Gasteiger partial charge in [-0.3, -0.25) is 4.79 Å². The van der Waals surface area contributed by atoms with Crippen LogP contribution in [0.3, 0.4) is 0 Å². The fraction of sp³-hybridized carbons (Fsp3) is 0.316. The summed E-state index contributed by atoms with van der Waals surface area (Å²) in [4.78, 5) is 24.3. The van der Waals surface area contributed by atoms with Crippen LogP contribution in [0.25, 0.3) is 21.3 Å². The van der Waals surface area contributed by atoms with E-state index in [9.17, 15) is 4.79 Å². The molecule has 0 spiro atoms. The fourth-order valence-electron chi connectivity index (χ4n) is 3.51. The largest absolute Gasteiger partial charge is 0.377 e. The second kappa shape index (κ2) is 7.01. The number of carbonyl (C=O) groups is 1. The van der Waals surface area contributed by atoms with E-state index in [1.54, 1.807) is 18.4 Å². The molecule has 0 radical (unpaired) electrons. The van der Waals surface area contributed by atoms with Gasteiger partial charge in [0.05, 0.1) is 5.39 Å². The molecular weight excluding hydrogens is 348 g/mol. The molecule has 1 aromatic carbocycles. The summed E-state index contributed by atoms with van der Waals surface area (Å²) in [5, 5.41) is 3.08. The van der Waals surface area contributed by atoms with Crippen molar-refractivity contribution in [1.82, 2.24) is 9.97 Å². The number of anilines is 1. The zero-order chi connectivity index (χ0) is 18.1. The Kier molecular flexibility index (Phi) is 4.57. The number of primary amides is 1. The molecule has 0 saturated carbocycles. The van der Waals surface area contributed by atoms with Gasteiger partial charge in [-0.05, 0) is 18.4 Å². The molecule has 1 fully saturated rings. The normalized spacial score (nSPS) is 17.1. The second-order valence-electron chi connectivity index (χ2n) is 6.35. The van der Waals surface area contributed by atoms with Crippen molar-refractivity contribution < 1.29 is 9.53 Å². The van der Waals surface area contributed by atoms with Crippen molar-refractivity contribution >= 4 is 33.3 Å². The first-order valence-corrected chi connectivity index (χ1v) is 9.45. The summed E-state index contributed by atoms with van der Waals surface area (Å²) in [5.74, 6) is 1.09. The highest BCUT2D eigenvalue weighted by molar-refractivity contribution is 7.17. The summed E-state index contributed by atoms with van der Waals surface area (Å²) < 4.78 is 5.23. The number of nitrogens with zero attached hydrogens (tertiary/aromatic N) is 3. The quantitative estimate of drug-likeness (QED) is 0.749. The fourth-order valence-corrected chi connectivity index (χ4v) is 4.47. The molecule has 3 aromatic rings. The van der Waals surface area contributed by atoms with E-state index in [0.717, 1.165) is 46.5 Å². The van der Waals surface area contributed by atoms with Gasteiger partial charge in [0.1, 0.15) is 23.3 Å². The molecule has 1 saturated heterocycles. The highest BCUT2D eigenvalue weighted by Crippen LogP contribution is 2.40. The molecule has 7 heteroatoms. The highest BCUT2D eigenvalue weighted by Gasteiger charge is 2.32. The SMILES string of the molecule is COCc1nc(N2CCC[C@H]2C(N)=O)c2c(-c3ccccc3)csc2n1. The first-order valence-electron chi connectivity index (χ1n) is 8.57. The number of hydrogen-bond donors (Lipinski definition) is 1. The van der Waals surface area contributed by atoms with Crippen LogP contribution in [0.1, 0.15) is 18.7 Å². The number of hydrogen-bond acceptors (Lipinski definition) is 6. The first kappa shape index (κ1) is 16.9. The summed E-state index contributed by atoms with van der Waals surface area (Å²) in [7, 11) is 1.62. The van der Waals surface area contributed by atoms with Crippen molar-refractivity contribution in [2.24, 2.45) is 5.73 Å². The lowest BCUT2D eigenvalue weighted by atomic mass is 10.1. The van der Waals surface area contributed by atoms with Gasteiger partial charge in [0, 0.05) is 24.6 Å². The minimum Gasteiger partial charge on any atom is -0.377 e. The number of methoxy groups -OCH3 is 1. The number of aromatic nitrogens is 2. The van der Waals surface area contributed by atoms with Crippen molar-refractivity contribution in [3.8, 4) is 11.1 Å². The number of thiophene rings is 1. The van der Waals surface area contributed by atoms with Gasteiger partial charge in [-0.1, -0.05) is 30.3 Å². The molecule has 1 aliphatic heterocycles. The van der Waals surface area contributed by atoms with E-state index < -0.39 is 0 Å². The summed E-state index contributed by atoms with van der Waals surface area (Å²) in [5.41, 5.74) is 7.84. The summed E-state index contributed by atoms with van der Waals surface area (Å²) in [6.45, 7) is 1.09. The molecule has 134 valence electrons.